The monoisotopic (exact) mass is 435 g/mol. The molecule has 3 aromatic rings. The van der Waals surface area contributed by atoms with Crippen LogP contribution in [0.2, 0.25) is 0 Å². The number of benzene rings is 2. The van der Waals surface area contributed by atoms with E-state index < -0.39 is 17.8 Å². The highest BCUT2D eigenvalue weighted by atomic mass is 19.4. The van der Waals surface area contributed by atoms with Gasteiger partial charge in [0.25, 0.3) is 0 Å². The van der Waals surface area contributed by atoms with Gasteiger partial charge in [-0.15, -0.1) is 0 Å². The second-order valence-corrected chi connectivity index (χ2v) is 8.29. The fraction of sp³-hybridized carbons (Fsp3) is 0.435. The molecule has 1 aliphatic rings. The Balaban J connectivity index is 1.64. The Labute approximate surface area is 178 Å². The third-order valence-corrected chi connectivity index (χ3v) is 6.14. The summed E-state index contributed by atoms with van der Waals surface area (Å²) < 4.78 is 61.5. The van der Waals surface area contributed by atoms with E-state index in [0.717, 1.165) is 43.6 Å². The van der Waals surface area contributed by atoms with Gasteiger partial charge in [0.05, 0.1) is 23.8 Å². The molecule has 2 heterocycles. The van der Waals surface area contributed by atoms with Crippen molar-refractivity contribution in [1.29, 1.82) is 0 Å². The number of aryl methyl sites for hydroxylation is 1. The van der Waals surface area contributed by atoms with Crippen LogP contribution in [0, 0.1) is 5.82 Å². The van der Waals surface area contributed by atoms with Crippen molar-refractivity contribution in [2.45, 2.75) is 37.5 Å². The normalized spacial score (nSPS) is 17.7. The van der Waals surface area contributed by atoms with Gasteiger partial charge in [0.15, 0.2) is 0 Å². The van der Waals surface area contributed by atoms with Crippen LogP contribution in [0.1, 0.15) is 42.6 Å². The number of alkyl halides is 3. The van der Waals surface area contributed by atoms with Crippen LogP contribution in [0.3, 0.4) is 0 Å². The van der Waals surface area contributed by atoms with E-state index in [1.807, 2.05) is 0 Å². The average Bonchev–Trinajstić information content (AvgIpc) is 3.12. The van der Waals surface area contributed by atoms with Gasteiger partial charge < -0.3 is 10.1 Å². The summed E-state index contributed by atoms with van der Waals surface area (Å²) in [6.07, 6.45) is -1.87. The highest BCUT2D eigenvalue weighted by Gasteiger charge is 2.36. The molecule has 1 aliphatic heterocycles. The first-order valence-corrected chi connectivity index (χ1v) is 10.3. The second kappa shape index (κ2) is 8.24. The largest absolute Gasteiger partial charge is 0.416 e. The zero-order valence-corrected chi connectivity index (χ0v) is 17.5. The van der Waals surface area contributed by atoms with Crippen molar-refractivity contribution in [2.75, 3.05) is 19.7 Å². The predicted molar refractivity (Wildman–Crippen MR) is 110 cm³/mol. The lowest BCUT2D eigenvalue weighted by molar-refractivity contribution is -0.137. The SMILES string of the molecule is CC(OCC1(c2ccc(F)cc2)CCNCC1)c1cc(C(F)(F)F)cc2cn(C)nc12. The van der Waals surface area contributed by atoms with E-state index in [4.69, 9.17) is 4.74 Å². The molecule has 4 rings (SSSR count). The Bertz CT molecular complexity index is 1050. The summed E-state index contributed by atoms with van der Waals surface area (Å²) in [6, 6.07) is 8.67. The molecule has 31 heavy (non-hydrogen) atoms. The third-order valence-electron chi connectivity index (χ3n) is 6.14. The van der Waals surface area contributed by atoms with E-state index in [1.54, 1.807) is 32.3 Å². The standard InChI is InChI=1S/C23H25F4N3O/c1-15(20-12-18(23(25,26)27)11-16-13-30(2)29-21(16)20)31-14-22(7-9-28-10-8-22)17-3-5-19(24)6-4-17/h3-6,11-13,15,28H,7-10,14H2,1-2H3. The number of hydrogen-bond donors (Lipinski definition) is 1. The second-order valence-electron chi connectivity index (χ2n) is 8.29. The number of aromatic nitrogens is 2. The number of piperidine rings is 1. The Hall–Kier alpha value is -2.45. The highest BCUT2D eigenvalue weighted by Crippen LogP contribution is 2.38. The van der Waals surface area contributed by atoms with Crippen molar-refractivity contribution < 1.29 is 22.3 Å². The van der Waals surface area contributed by atoms with Gasteiger partial charge in [-0.2, -0.15) is 18.3 Å². The molecule has 1 unspecified atom stereocenters. The number of nitrogens with zero attached hydrogens (tertiary/aromatic N) is 2. The molecule has 0 saturated carbocycles. The van der Waals surface area contributed by atoms with Crippen molar-refractivity contribution >= 4 is 10.9 Å². The summed E-state index contributed by atoms with van der Waals surface area (Å²) in [4.78, 5) is 0. The first-order valence-electron chi connectivity index (χ1n) is 10.3. The van der Waals surface area contributed by atoms with Gasteiger partial charge in [-0.3, -0.25) is 4.68 Å². The topological polar surface area (TPSA) is 39.1 Å². The number of nitrogens with one attached hydrogen (secondary N) is 1. The minimum absolute atomic E-state index is 0.302. The maximum atomic E-state index is 13.5. The quantitative estimate of drug-likeness (QED) is 0.565. The first kappa shape index (κ1) is 21.8. The van der Waals surface area contributed by atoms with Gasteiger partial charge in [-0.25, -0.2) is 4.39 Å². The summed E-state index contributed by atoms with van der Waals surface area (Å²) in [6.45, 7) is 3.67. The number of hydrogen-bond acceptors (Lipinski definition) is 3. The Morgan fingerprint density at radius 3 is 2.48 bits per heavy atom. The smallest absolute Gasteiger partial charge is 0.373 e. The van der Waals surface area contributed by atoms with Crippen LogP contribution < -0.4 is 5.32 Å². The van der Waals surface area contributed by atoms with Gasteiger partial charge in [0, 0.05) is 29.6 Å². The van der Waals surface area contributed by atoms with E-state index in [2.05, 4.69) is 10.4 Å². The molecule has 1 N–H and O–H groups in total. The molecular weight excluding hydrogens is 410 g/mol. The van der Waals surface area contributed by atoms with Gasteiger partial charge >= 0.3 is 6.18 Å². The average molecular weight is 435 g/mol. The third kappa shape index (κ3) is 4.45. The minimum Gasteiger partial charge on any atom is -0.373 e. The Morgan fingerprint density at radius 1 is 1.16 bits per heavy atom. The molecule has 0 spiro atoms. The molecule has 4 nitrogen and oxygen atoms in total. The number of halogens is 4. The van der Waals surface area contributed by atoms with Crippen LogP contribution in [0.25, 0.3) is 10.9 Å². The van der Waals surface area contributed by atoms with E-state index in [9.17, 15) is 17.6 Å². The van der Waals surface area contributed by atoms with Crippen LogP contribution in [0.15, 0.2) is 42.6 Å². The van der Waals surface area contributed by atoms with E-state index in [0.29, 0.717) is 23.1 Å². The fourth-order valence-corrected chi connectivity index (χ4v) is 4.35. The number of ether oxygens (including phenoxy) is 1. The van der Waals surface area contributed by atoms with E-state index in [-0.39, 0.29) is 11.2 Å². The van der Waals surface area contributed by atoms with Crippen molar-refractivity contribution in [3.63, 3.8) is 0 Å². The molecular formula is C23H25F4N3O. The van der Waals surface area contributed by atoms with Crippen molar-refractivity contribution in [3.05, 3.63) is 65.1 Å². The van der Waals surface area contributed by atoms with Crippen LogP contribution in [-0.4, -0.2) is 29.5 Å². The molecule has 1 aromatic heterocycles. The number of fused-ring (bicyclic) bond motifs is 1. The molecule has 8 heteroatoms. The lowest BCUT2D eigenvalue weighted by atomic mass is 9.74. The summed E-state index contributed by atoms with van der Waals surface area (Å²) >= 11 is 0. The van der Waals surface area contributed by atoms with Crippen molar-refractivity contribution in [1.82, 2.24) is 15.1 Å². The summed E-state index contributed by atoms with van der Waals surface area (Å²) in [5.74, 6) is -0.302. The molecule has 1 fully saturated rings. The zero-order chi connectivity index (χ0) is 22.2. The molecule has 1 atom stereocenters. The van der Waals surface area contributed by atoms with Crippen LogP contribution in [0.5, 0.6) is 0 Å². The van der Waals surface area contributed by atoms with Crippen molar-refractivity contribution in [3.8, 4) is 0 Å². The molecule has 2 aromatic carbocycles. The molecule has 166 valence electrons. The van der Waals surface area contributed by atoms with Gasteiger partial charge in [0.2, 0.25) is 0 Å². The molecule has 0 bridgehead atoms. The minimum atomic E-state index is -4.46. The van der Waals surface area contributed by atoms with E-state index in [1.165, 1.54) is 16.8 Å². The van der Waals surface area contributed by atoms with Crippen LogP contribution in [0.4, 0.5) is 17.6 Å². The predicted octanol–water partition coefficient (Wildman–Crippen LogP) is 5.13. The summed E-state index contributed by atoms with van der Waals surface area (Å²) in [5.41, 5.74) is 0.860. The lowest BCUT2D eigenvalue weighted by Gasteiger charge is -2.38. The first-order chi connectivity index (χ1) is 14.7. The van der Waals surface area contributed by atoms with Gasteiger partial charge in [-0.1, -0.05) is 12.1 Å². The van der Waals surface area contributed by atoms with Gasteiger partial charge in [0.1, 0.15) is 5.82 Å². The molecule has 0 radical (unpaired) electrons. The Morgan fingerprint density at radius 2 is 1.84 bits per heavy atom. The maximum absolute atomic E-state index is 13.5. The highest BCUT2D eigenvalue weighted by molar-refractivity contribution is 5.83. The van der Waals surface area contributed by atoms with Crippen LogP contribution in [-0.2, 0) is 23.4 Å². The zero-order valence-electron chi connectivity index (χ0n) is 17.5. The Kier molecular flexibility index (Phi) is 5.79. The van der Waals surface area contributed by atoms with Gasteiger partial charge in [-0.05, 0) is 62.7 Å². The van der Waals surface area contributed by atoms with Crippen molar-refractivity contribution in [2.24, 2.45) is 7.05 Å². The fourth-order valence-electron chi connectivity index (χ4n) is 4.35. The maximum Gasteiger partial charge on any atom is 0.416 e. The summed E-state index contributed by atoms with van der Waals surface area (Å²) in [7, 11) is 1.68. The van der Waals surface area contributed by atoms with E-state index >= 15 is 0 Å². The molecule has 1 saturated heterocycles. The number of rotatable bonds is 5. The lowest BCUT2D eigenvalue weighted by Crippen LogP contribution is -2.43. The molecule has 0 amide bonds. The summed E-state index contributed by atoms with van der Waals surface area (Å²) in [5, 5.41) is 8.11. The van der Waals surface area contributed by atoms with Crippen LogP contribution >= 0.6 is 0 Å². The molecule has 0 aliphatic carbocycles.